The van der Waals surface area contributed by atoms with E-state index in [0.717, 1.165) is 17.7 Å². The van der Waals surface area contributed by atoms with Crippen molar-refractivity contribution in [2.75, 3.05) is 24.4 Å². The van der Waals surface area contributed by atoms with Gasteiger partial charge in [-0.15, -0.1) is 0 Å². The number of benzene rings is 2. The molecule has 1 saturated heterocycles. The van der Waals surface area contributed by atoms with E-state index in [-0.39, 0.29) is 25.1 Å². The molecule has 0 unspecified atom stereocenters. The zero-order valence-corrected chi connectivity index (χ0v) is 24.0. The van der Waals surface area contributed by atoms with Gasteiger partial charge in [0.2, 0.25) is 5.91 Å². The molecule has 4 rings (SSSR count). The number of anilines is 2. The number of carbonyl (C=O) groups excluding carboxylic acids is 4. The van der Waals surface area contributed by atoms with Crippen molar-refractivity contribution in [2.45, 2.75) is 70.6 Å². The Morgan fingerprint density at radius 2 is 1.80 bits per heavy atom. The fraction of sp³-hybridized carbons (Fsp3) is 0.467. The van der Waals surface area contributed by atoms with Crippen molar-refractivity contribution in [1.82, 2.24) is 15.1 Å². The van der Waals surface area contributed by atoms with Crippen molar-refractivity contribution in [3.05, 3.63) is 54.1 Å². The van der Waals surface area contributed by atoms with Crippen LogP contribution in [0.25, 0.3) is 0 Å². The maximum Gasteiger partial charge on any atom is 0.328 e. The zero-order chi connectivity index (χ0) is 29.7. The van der Waals surface area contributed by atoms with Crippen LogP contribution < -0.4 is 20.7 Å². The van der Waals surface area contributed by atoms with Gasteiger partial charge in [0.1, 0.15) is 17.3 Å². The Hall–Kier alpha value is -4.12. The predicted molar refractivity (Wildman–Crippen MR) is 154 cm³/mol. The van der Waals surface area contributed by atoms with Gasteiger partial charge in [-0.3, -0.25) is 9.59 Å². The van der Waals surface area contributed by atoms with E-state index < -0.39 is 29.6 Å². The van der Waals surface area contributed by atoms with E-state index in [1.807, 2.05) is 18.2 Å². The lowest BCUT2D eigenvalue weighted by Crippen LogP contribution is -2.52. The van der Waals surface area contributed by atoms with Gasteiger partial charge in [0.05, 0.1) is 12.8 Å². The number of methoxy groups -OCH3 is 1. The van der Waals surface area contributed by atoms with Gasteiger partial charge in [0, 0.05) is 24.9 Å². The molecule has 220 valence electrons. The number of para-hydroxylation sites is 1. The Kier molecular flexibility index (Phi) is 9.17. The minimum Gasteiger partial charge on any atom is -0.495 e. The van der Waals surface area contributed by atoms with Gasteiger partial charge < -0.3 is 30.7 Å². The summed E-state index contributed by atoms with van der Waals surface area (Å²) >= 11 is 0. The highest BCUT2D eigenvalue weighted by Crippen LogP contribution is 2.38. The number of nitrogens with one attached hydrogen (secondary N) is 3. The zero-order valence-electron chi connectivity index (χ0n) is 24.0. The van der Waals surface area contributed by atoms with Gasteiger partial charge in [-0.1, -0.05) is 37.1 Å². The second-order valence-electron chi connectivity index (χ2n) is 11.2. The van der Waals surface area contributed by atoms with Crippen LogP contribution in [0.1, 0.15) is 52.0 Å². The summed E-state index contributed by atoms with van der Waals surface area (Å²) < 4.78 is 5.51. The van der Waals surface area contributed by atoms with Crippen LogP contribution >= 0.6 is 0 Å². The molecule has 0 bridgehead atoms. The number of hydrogen-bond acceptors (Lipinski definition) is 6. The number of imide groups is 1. The number of ether oxygens (including phenoxy) is 1. The predicted octanol–water partition coefficient (Wildman–Crippen LogP) is 3.94. The Bertz CT molecular complexity index is 1280. The number of hydrogen-bond donors (Lipinski definition) is 4. The summed E-state index contributed by atoms with van der Waals surface area (Å²) in [6.07, 6.45) is 2.71. The molecule has 2 fully saturated rings. The summed E-state index contributed by atoms with van der Waals surface area (Å²) in [5.41, 5.74) is 0.579. The molecule has 41 heavy (non-hydrogen) atoms. The molecule has 4 N–H and O–H groups in total. The molecule has 11 nitrogen and oxygen atoms in total. The molecular weight excluding hydrogens is 526 g/mol. The summed E-state index contributed by atoms with van der Waals surface area (Å²) in [6, 6.07) is 12.0. The highest BCUT2D eigenvalue weighted by Gasteiger charge is 2.55. The van der Waals surface area contributed by atoms with E-state index in [2.05, 4.69) is 16.0 Å². The van der Waals surface area contributed by atoms with E-state index in [0.29, 0.717) is 41.4 Å². The molecular formula is C30H39N5O6. The Morgan fingerprint density at radius 1 is 1.10 bits per heavy atom. The first kappa shape index (κ1) is 29.9. The molecule has 6 amide bonds. The minimum absolute atomic E-state index is 0.0768. The topological polar surface area (TPSA) is 140 Å². The van der Waals surface area contributed by atoms with Gasteiger partial charge in [-0.05, 0) is 69.4 Å². The van der Waals surface area contributed by atoms with Gasteiger partial charge in [0.25, 0.3) is 5.91 Å². The maximum absolute atomic E-state index is 13.8. The van der Waals surface area contributed by atoms with Crippen LogP contribution in [-0.4, -0.2) is 70.1 Å². The second kappa shape index (κ2) is 12.6. The van der Waals surface area contributed by atoms with E-state index in [1.165, 1.54) is 12.0 Å². The first-order valence-electron chi connectivity index (χ1n) is 13.9. The number of aliphatic hydroxyl groups excluding tert-OH is 1. The van der Waals surface area contributed by atoms with Gasteiger partial charge in [0.15, 0.2) is 0 Å². The lowest BCUT2D eigenvalue weighted by atomic mass is 10.0. The lowest BCUT2D eigenvalue weighted by molar-refractivity contribution is -0.139. The van der Waals surface area contributed by atoms with Crippen LogP contribution in [0.5, 0.6) is 5.75 Å². The molecule has 1 saturated carbocycles. The third-order valence-corrected chi connectivity index (χ3v) is 7.56. The van der Waals surface area contributed by atoms with E-state index in [1.54, 1.807) is 51.1 Å². The molecule has 11 heteroatoms. The number of nitrogens with zero attached hydrogens (tertiary/aromatic N) is 2. The Labute approximate surface area is 240 Å². The van der Waals surface area contributed by atoms with E-state index >= 15 is 0 Å². The number of urea groups is 2. The van der Waals surface area contributed by atoms with Crippen molar-refractivity contribution < 1.29 is 29.0 Å². The Balaban J connectivity index is 1.51. The van der Waals surface area contributed by atoms with Crippen molar-refractivity contribution in [2.24, 2.45) is 5.92 Å². The van der Waals surface area contributed by atoms with Crippen LogP contribution in [0.3, 0.4) is 0 Å². The maximum atomic E-state index is 13.8. The standard InChI is InChI=1S/C30H39N5O6/c1-19(14-15-36)31-26(37)24(16-20-10-11-20)35-27(38)30(2,3)34(29(35)40)18-21-12-13-23(25(17-21)41-4)33-28(39)32-22-8-6-5-7-9-22/h5-9,12-13,17,19-20,24,36H,10-11,14-16,18H2,1-4H3,(H,31,37)(H2,32,33,39)/t19-,24+/m1/s1. The van der Waals surface area contributed by atoms with E-state index in [4.69, 9.17) is 4.74 Å². The summed E-state index contributed by atoms with van der Waals surface area (Å²) in [5.74, 6) is -0.133. The summed E-state index contributed by atoms with van der Waals surface area (Å²) in [6.45, 7) is 5.15. The Morgan fingerprint density at radius 3 is 2.44 bits per heavy atom. The van der Waals surface area contributed by atoms with Crippen molar-refractivity contribution >= 4 is 35.3 Å². The first-order valence-corrected chi connectivity index (χ1v) is 13.9. The van der Waals surface area contributed by atoms with Crippen LogP contribution in [0.15, 0.2) is 48.5 Å². The molecule has 2 atom stereocenters. The average molecular weight is 566 g/mol. The quantitative estimate of drug-likeness (QED) is 0.288. The first-order chi connectivity index (χ1) is 19.5. The number of carbonyl (C=O) groups is 4. The van der Waals surface area contributed by atoms with Crippen molar-refractivity contribution in [1.29, 1.82) is 0 Å². The number of rotatable bonds is 12. The number of aliphatic hydroxyl groups is 1. The highest BCUT2D eigenvalue weighted by atomic mass is 16.5. The summed E-state index contributed by atoms with van der Waals surface area (Å²) in [7, 11) is 1.48. The van der Waals surface area contributed by atoms with Gasteiger partial charge in [-0.25, -0.2) is 14.5 Å². The SMILES string of the molecule is COc1cc(CN2C(=O)N([C@@H](CC3CC3)C(=O)N[C@H](C)CCO)C(=O)C2(C)C)ccc1NC(=O)Nc1ccccc1. The average Bonchev–Trinajstić information content (AvgIpc) is 3.74. The molecule has 2 aromatic rings. The van der Waals surface area contributed by atoms with Gasteiger partial charge in [-0.2, -0.15) is 0 Å². The van der Waals surface area contributed by atoms with Crippen molar-refractivity contribution in [3.8, 4) is 5.75 Å². The molecule has 0 radical (unpaired) electrons. The van der Waals surface area contributed by atoms with E-state index in [9.17, 15) is 24.3 Å². The third-order valence-electron chi connectivity index (χ3n) is 7.56. The molecule has 2 aromatic carbocycles. The molecule has 2 aliphatic rings. The fourth-order valence-corrected chi connectivity index (χ4v) is 4.94. The molecule has 1 aliphatic heterocycles. The van der Waals surface area contributed by atoms with Gasteiger partial charge >= 0.3 is 12.1 Å². The monoisotopic (exact) mass is 565 g/mol. The number of amides is 6. The van der Waals surface area contributed by atoms with Crippen molar-refractivity contribution in [3.63, 3.8) is 0 Å². The lowest BCUT2D eigenvalue weighted by Gasteiger charge is -2.28. The second-order valence-corrected chi connectivity index (χ2v) is 11.2. The van der Waals surface area contributed by atoms with Crippen LogP contribution in [0, 0.1) is 5.92 Å². The molecule has 0 aromatic heterocycles. The smallest absolute Gasteiger partial charge is 0.328 e. The molecule has 1 heterocycles. The van der Waals surface area contributed by atoms with Crippen LogP contribution in [0.2, 0.25) is 0 Å². The minimum atomic E-state index is -1.18. The molecule has 0 spiro atoms. The summed E-state index contributed by atoms with van der Waals surface area (Å²) in [4.78, 5) is 55.7. The van der Waals surface area contributed by atoms with Crippen LogP contribution in [0.4, 0.5) is 21.0 Å². The molecule has 1 aliphatic carbocycles. The summed E-state index contributed by atoms with van der Waals surface area (Å²) in [5, 5.41) is 17.6. The highest BCUT2D eigenvalue weighted by molar-refractivity contribution is 6.09. The van der Waals surface area contributed by atoms with Crippen LogP contribution in [-0.2, 0) is 16.1 Å². The fourth-order valence-electron chi connectivity index (χ4n) is 4.94. The largest absolute Gasteiger partial charge is 0.495 e. The normalized spacial score (nSPS) is 17.7. The third kappa shape index (κ3) is 6.97.